The van der Waals surface area contributed by atoms with Crippen molar-refractivity contribution in [2.75, 3.05) is 51.6 Å². The summed E-state index contributed by atoms with van der Waals surface area (Å²) in [7, 11) is 1.06. The molecule has 0 heterocycles. The van der Waals surface area contributed by atoms with Crippen molar-refractivity contribution in [3.63, 3.8) is 0 Å². The summed E-state index contributed by atoms with van der Waals surface area (Å²) < 4.78 is 9.50. The van der Waals surface area contributed by atoms with Crippen LogP contribution in [0, 0.1) is 0 Å². The third kappa shape index (κ3) is 16.5. The predicted octanol–water partition coefficient (Wildman–Crippen LogP) is 3.43. The van der Waals surface area contributed by atoms with Gasteiger partial charge >= 0.3 is 0 Å². The van der Waals surface area contributed by atoms with Gasteiger partial charge < -0.3 is 19.4 Å². The third-order valence-electron chi connectivity index (χ3n) is 3.67. The topological polar surface area (TPSA) is 58.6 Å². The monoisotopic (exact) mass is 350 g/mol. The van der Waals surface area contributed by atoms with Crippen LogP contribution in [0.1, 0.15) is 59.8 Å². The average molecular weight is 350 g/mol. The van der Waals surface area contributed by atoms with E-state index in [2.05, 4.69) is 32.4 Å². The Morgan fingerprint density at radius 2 is 1.26 bits per heavy atom. The minimum Gasteiger partial charge on any atom is -0.550 e. The molecular weight excluding hydrogens is 311 g/mol. The van der Waals surface area contributed by atoms with Crippen LogP contribution in [0.2, 0.25) is 0 Å². The quantitative estimate of drug-likeness (QED) is 0.356. The first kappa shape index (κ1) is 25.1. The van der Waals surface area contributed by atoms with E-state index in [0.717, 1.165) is 0 Å². The number of carboxylic acid groups (broad SMARTS) is 1. The molecular formula is C18H39O4P. The van der Waals surface area contributed by atoms with Crippen LogP contribution in [0.4, 0.5) is 0 Å². The molecule has 0 atom stereocenters. The van der Waals surface area contributed by atoms with Crippen molar-refractivity contribution in [3.05, 3.63) is 0 Å². The van der Waals surface area contributed by atoms with Crippen molar-refractivity contribution in [1.82, 2.24) is 0 Å². The van der Waals surface area contributed by atoms with Crippen LogP contribution in [0.25, 0.3) is 0 Å². The Balaban J connectivity index is 0. The Labute approximate surface area is 144 Å². The van der Waals surface area contributed by atoms with Crippen molar-refractivity contribution < 1.29 is 19.4 Å². The Morgan fingerprint density at radius 3 is 1.57 bits per heavy atom. The standard InChI is InChI=1S/C12H28P.C6H12O4/c1-5-9-13(10-6-2,11-7-3)12-8-4;1-9-4-5-10-3-2-6(7)8/h5-12H2,1-4H3;2-5H2,1H3,(H,7,8)/q+1;/p-1. The molecule has 0 aliphatic rings. The van der Waals surface area contributed by atoms with E-state index in [1.165, 1.54) is 25.7 Å². The van der Waals surface area contributed by atoms with Gasteiger partial charge in [-0.15, -0.1) is 0 Å². The summed E-state index contributed by atoms with van der Waals surface area (Å²) in [5, 5.41) is 9.81. The normalized spacial score (nSPS) is 11.0. The minimum atomic E-state index is -1.09. The van der Waals surface area contributed by atoms with Gasteiger partial charge in [0.25, 0.3) is 0 Å². The SMILES string of the molecule is CCC[P+](CCC)(CCC)CCC.COCCOCCC(=O)[O-]. The van der Waals surface area contributed by atoms with Gasteiger partial charge in [0.1, 0.15) is 0 Å². The summed E-state index contributed by atoms with van der Waals surface area (Å²) >= 11 is 0. The number of hydrogen-bond donors (Lipinski definition) is 0. The lowest BCUT2D eigenvalue weighted by Gasteiger charge is -2.26. The number of carbonyl (C=O) groups is 1. The fraction of sp³-hybridized carbons (Fsp3) is 0.944. The highest BCUT2D eigenvalue weighted by atomic mass is 31.2. The summed E-state index contributed by atoms with van der Waals surface area (Å²) in [5.41, 5.74) is 0. The second kappa shape index (κ2) is 18.2. The van der Waals surface area contributed by atoms with Crippen LogP contribution in [0.5, 0.6) is 0 Å². The molecule has 23 heavy (non-hydrogen) atoms. The van der Waals surface area contributed by atoms with Crippen molar-refractivity contribution in [2.24, 2.45) is 0 Å². The third-order valence-corrected chi connectivity index (χ3v) is 9.26. The first-order valence-electron chi connectivity index (χ1n) is 9.13. The molecule has 4 nitrogen and oxygen atoms in total. The fourth-order valence-corrected chi connectivity index (χ4v) is 8.10. The van der Waals surface area contributed by atoms with E-state index < -0.39 is 13.2 Å². The van der Waals surface area contributed by atoms with E-state index in [-0.39, 0.29) is 13.0 Å². The first-order valence-corrected chi connectivity index (χ1v) is 11.7. The number of hydrogen-bond acceptors (Lipinski definition) is 4. The van der Waals surface area contributed by atoms with Crippen molar-refractivity contribution >= 4 is 13.2 Å². The fourth-order valence-electron chi connectivity index (χ4n) is 2.97. The van der Waals surface area contributed by atoms with Crippen molar-refractivity contribution in [1.29, 1.82) is 0 Å². The molecule has 0 fully saturated rings. The molecule has 0 aromatic heterocycles. The number of methoxy groups -OCH3 is 1. The van der Waals surface area contributed by atoms with Gasteiger partial charge in [-0.1, -0.05) is 27.7 Å². The smallest absolute Gasteiger partial charge is 0.0700 e. The zero-order chi connectivity index (χ0) is 18.0. The van der Waals surface area contributed by atoms with E-state index in [1.807, 2.05) is 0 Å². The predicted molar refractivity (Wildman–Crippen MR) is 99.9 cm³/mol. The molecule has 0 aliphatic heterocycles. The number of aliphatic carboxylic acids is 1. The maximum absolute atomic E-state index is 9.81. The molecule has 0 unspecified atom stereocenters. The van der Waals surface area contributed by atoms with Crippen LogP contribution in [-0.2, 0) is 14.3 Å². The van der Waals surface area contributed by atoms with E-state index in [0.29, 0.717) is 13.2 Å². The molecule has 0 N–H and O–H groups in total. The van der Waals surface area contributed by atoms with Gasteiger partial charge in [-0.25, -0.2) is 0 Å². The lowest BCUT2D eigenvalue weighted by molar-refractivity contribution is -0.306. The molecule has 5 heteroatoms. The number of carbonyl (C=O) groups excluding carboxylic acids is 1. The molecule has 0 aliphatic carbocycles. The average Bonchev–Trinajstić information content (AvgIpc) is 2.48. The Morgan fingerprint density at radius 1 is 0.826 bits per heavy atom. The van der Waals surface area contributed by atoms with E-state index in [4.69, 9.17) is 4.74 Å². The highest BCUT2D eigenvalue weighted by Crippen LogP contribution is 2.60. The van der Waals surface area contributed by atoms with Gasteiger partial charge in [0.15, 0.2) is 0 Å². The van der Waals surface area contributed by atoms with Crippen LogP contribution in [-0.4, -0.2) is 57.5 Å². The van der Waals surface area contributed by atoms with Gasteiger partial charge in [0.05, 0.1) is 44.5 Å². The zero-order valence-corrected chi connectivity index (χ0v) is 17.0. The molecule has 0 bridgehead atoms. The van der Waals surface area contributed by atoms with Crippen molar-refractivity contribution in [3.8, 4) is 0 Å². The highest BCUT2D eigenvalue weighted by Gasteiger charge is 2.32. The Kier molecular flexibility index (Phi) is 19.8. The summed E-state index contributed by atoms with van der Waals surface area (Å²) in [6, 6.07) is 0. The highest BCUT2D eigenvalue weighted by molar-refractivity contribution is 7.75. The molecule has 0 aromatic carbocycles. The maximum Gasteiger partial charge on any atom is 0.0700 e. The molecule has 0 amide bonds. The molecule has 0 rings (SSSR count). The van der Waals surface area contributed by atoms with Crippen LogP contribution >= 0.6 is 7.26 Å². The van der Waals surface area contributed by atoms with Gasteiger partial charge in [0, 0.05) is 26.8 Å². The molecule has 140 valence electrons. The number of carboxylic acids is 1. The molecule has 0 saturated heterocycles. The maximum atomic E-state index is 9.81. The van der Waals surface area contributed by atoms with Crippen LogP contribution in [0.15, 0.2) is 0 Å². The second-order valence-electron chi connectivity index (χ2n) is 5.96. The summed E-state index contributed by atoms with van der Waals surface area (Å²) in [4.78, 5) is 9.81. The molecule has 0 radical (unpaired) electrons. The minimum absolute atomic E-state index is 0.0519. The Hall–Kier alpha value is -0.180. The largest absolute Gasteiger partial charge is 0.550 e. The molecule has 0 spiro atoms. The molecule has 0 aromatic rings. The lowest BCUT2D eigenvalue weighted by atomic mass is 10.5. The van der Waals surface area contributed by atoms with E-state index in [9.17, 15) is 9.90 Å². The number of ether oxygens (including phenoxy) is 2. The number of rotatable bonds is 14. The second-order valence-corrected chi connectivity index (χ2v) is 10.4. The molecule has 0 saturated carbocycles. The summed E-state index contributed by atoms with van der Waals surface area (Å²) in [6.07, 6.45) is 11.8. The van der Waals surface area contributed by atoms with Crippen LogP contribution in [0.3, 0.4) is 0 Å². The van der Waals surface area contributed by atoms with E-state index in [1.54, 1.807) is 31.8 Å². The van der Waals surface area contributed by atoms with Crippen LogP contribution < -0.4 is 5.11 Å². The summed E-state index contributed by atoms with van der Waals surface area (Å²) in [6.45, 7) is 10.6. The van der Waals surface area contributed by atoms with Crippen molar-refractivity contribution in [2.45, 2.75) is 59.8 Å². The van der Waals surface area contributed by atoms with Gasteiger partial charge in [0.2, 0.25) is 0 Å². The Bertz CT molecular complexity index is 230. The lowest BCUT2D eigenvalue weighted by Crippen LogP contribution is -2.23. The van der Waals surface area contributed by atoms with E-state index >= 15 is 0 Å². The first-order chi connectivity index (χ1) is 11.0. The summed E-state index contributed by atoms with van der Waals surface area (Å²) in [5.74, 6) is -1.09. The zero-order valence-electron chi connectivity index (χ0n) is 16.1. The van der Waals surface area contributed by atoms with Gasteiger partial charge in [-0.3, -0.25) is 0 Å². The van der Waals surface area contributed by atoms with Gasteiger partial charge in [-0.2, -0.15) is 0 Å². The van der Waals surface area contributed by atoms with Gasteiger partial charge in [-0.05, 0) is 25.7 Å².